The van der Waals surface area contributed by atoms with Crippen LogP contribution in [0.2, 0.25) is 0 Å². The van der Waals surface area contributed by atoms with Crippen molar-refractivity contribution in [1.29, 1.82) is 0 Å². The summed E-state index contributed by atoms with van der Waals surface area (Å²) in [4.78, 5) is 22.0. The Labute approximate surface area is 228 Å². The van der Waals surface area contributed by atoms with Crippen molar-refractivity contribution in [2.24, 2.45) is 0 Å². The molecule has 5 aromatic rings. The van der Waals surface area contributed by atoms with E-state index in [2.05, 4.69) is 29.6 Å². The van der Waals surface area contributed by atoms with E-state index in [0.29, 0.717) is 41.2 Å². The first-order chi connectivity index (χ1) is 19.3. The maximum absolute atomic E-state index is 13.2. The standard InChI is InChI=1S/C26H24FN7O5S/c1-4-39-22-10-5-7-18(30-22)25-32-24-26(34(25)23-19(37-2)8-6-9-20(23)38-3)31-21(14-29-24)33-40(35,36)15-17-12-11-16(27)13-28-17/h5-14H,4,15H2,1-3H3,(H,31,33). The molecule has 0 aliphatic carbocycles. The SMILES string of the molecule is CCOc1cccc(-c2nc3ncc(NS(=O)(=O)Cc4ccc(F)cn4)nc3n2-c2c(OC)cccc2OC)n1. The zero-order valence-electron chi connectivity index (χ0n) is 21.7. The van der Waals surface area contributed by atoms with E-state index in [-0.39, 0.29) is 22.8 Å². The van der Waals surface area contributed by atoms with Crippen LogP contribution in [0.3, 0.4) is 0 Å². The van der Waals surface area contributed by atoms with Gasteiger partial charge in [-0.1, -0.05) is 12.1 Å². The predicted octanol–water partition coefficient (Wildman–Crippen LogP) is 3.77. The fourth-order valence-electron chi connectivity index (χ4n) is 3.99. The molecule has 0 fully saturated rings. The number of aromatic nitrogens is 6. The maximum atomic E-state index is 13.2. The highest BCUT2D eigenvalue weighted by atomic mass is 32.2. The Balaban J connectivity index is 1.66. The number of rotatable bonds is 10. The van der Waals surface area contributed by atoms with Crippen LogP contribution in [-0.4, -0.2) is 58.7 Å². The molecule has 5 rings (SSSR count). The molecule has 0 unspecified atom stereocenters. The van der Waals surface area contributed by atoms with Gasteiger partial charge in [0.05, 0.1) is 38.9 Å². The summed E-state index contributed by atoms with van der Waals surface area (Å²) in [6.45, 7) is 2.28. The summed E-state index contributed by atoms with van der Waals surface area (Å²) in [5.74, 6) is 0.498. The molecule has 0 aliphatic heterocycles. The van der Waals surface area contributed by atoms with E-state index in [1.54, 1.807) is 41.0 Å². The Morgan fingerprint density at radius 3 is 2.35 bits per heavy atom. The molecule has 0 aliphatic rings. The molecule has 0 spiro atoms. The quantitative estimate of drug-likeness (QED) is 0.266. The van der Waals surface area contributed by atoms with Gasteiger partial charge in [-0.25, -0.2) is 32.7 Å². The number of benzene rings is 1. The second-order valence-electron chi connectivity index (χ2n) is 8.31. The highest BCUT2D eigenvalue weighted by molar-refractivity contribution is 7.91. The first kappa shape index (κ1) is 26.7. The lowest BCUT2D eigenvalue weighted by atomic mass is 10.2. The average molecular weight is 566 g/mol. The number of pyridine rings is 2. The van der Waals surface area contributed by atoms with Crippen molar-refractivity contribution in [1.82, 2.24) is 29.5 Å². The zero-order valence-corrected chi connectivity index (χ0v) is 22.5. The second kappa shape index (κ2) is 11.1. The fraction of sp³-hybridized carbons (Fsp3) is 0.192. The zero-order chi connectivity index (χ0) is 28.3. The van der Waals surface area contributed by atoms with E-state index in [9.17, 15) is 12.8 Å². The van der Waals surface area contributed by atoms with Crippen LogP contribution in [0.4, 0.5) is 10.2 Å². The van der Waals surface area contributed by atoms with E-state index >= 15 is 0 Å². The number of imidazole rings is 1. The summed E-state index contributed by atoms with van der Waals surface area (Å²) >= 11 is 0. The Morgan fingerprint density at radius 2 is 1.68 bits per heavy atom. The number of methoxy groups -OCH3 is 2. The molecule has 4 heterocycles. The number of halogens is 1. The summed E-state index contributed by atoms with van der Waals surface area (Å²) in [5.41, 5.74) is 1.49. The smallest absolute Gasteiger partial charge is 0.239 e. The maximum Gasteiger partial charge on any atom is 0.239 e. The largest absolute Gasteiger partial charge is 0.494 e. The van der Waals surface area contributed by atoms with Crippen molar-refractivity contribution in [2.75, 3.05) is 25.5 Å². The van der Waals surface area contributed by atoms with Gasteiger partial charge >= 0.3 is 0 Å². The van der Waals surface area contributed by atoms with Crippen molar-refractivity contribution < 1.29 is 27.0 Å². The average Bonchev–Trinajstić information content (AvgIpc) is 3.32. The highest BCUT2D eigenvalue weighted by Gasteiger charge is 2.24. The molecule has 0 amide bonds. The van der Waals surface area contributed by atoms with E-state index in [1.165, 1.54) is 26.5 Å². The van der Waals surface area contributed by atoms with Crippen molar-refractivity contribution in [3.63, 3.8) is 0 Å². The Hall–Kier alpha value is -4.85. The number of para-hydroxylation sites is 1. The van der Waals surface area contributed by atoms with E-state index in [0.717, 1.165) is 12.3 Å². The lowest BCUT2D eigenvalue weighted by Gasteiger charge is -2.16. The van der Waals surface area contributed by atoms with Gasteiger partial charge in [0.1, 0.15) is 34.5 Å². The Bertz CT molecular complexity index is 1760. The number of ether oxygens (including phenoxy) is 3. The van der Waals surface area contributed by atoms with Gasteiger partial charge in [-0.2, -0.15) is 0 Å². The van der Waals surface area contributed by atoms with Gasteiger partial charge in [0.25, 0.3) is 0 Å². The molecule has 206 valence electrons. The molecule has 0 atom stereocenters. The van der Waals surface area contributed by atoms with Crippen LogP contribution in [0, 0.1) is 5.82 Å². The monoisotopic (exact) mass is 565 g/mol. The van der Waals surface area contributed by atoms with Gasteiger partial charge in [0.2, 0.25) is 15.9 Å². The molecule has 0 saturated heterocycles. The number of hydrogen-bond acceptors (Lipinski definition) is 10. The van der Waals surface area contributed by atoms with Gasteiger partial charge in [0, 0.05) is 6.07 Å². The minimum Gasteiger partial charge on any atom is -0.494 e. The fourth-order valence-corrected chi connectivity index (χ4v) is 5.04. The molecule has 0 radical (unpaired) electrons. The molecule has 40 heavy (non-hydrogen) atoms. The van der Waals surface area contributed by atoms with Crippen LogP contribution in [0.5, 0.6) is 17.4 Å². The van der Waals surface area contributed by atoms with Gasteiger partial charge in [-0.05, 0) is 37.3 Å². The van der Waals surface area contributed by atoms with Crippen molar-refractivity contribution in [3.8, 4) is 34.6 Å². The summed E-state index contributed by atoms with van der Waals surface area (Å²) in [7, 11) is -0.948. The van der Waals surface area contributed by atoms with E-state index in [1.807, 2.05) is 6.92 Å². The van der Waals surface area contributed by atoms with Crippen molar-refractivity contribution >= 4 is 27.1 Å². The summed E-state index contributed by atoms with van der Waals surface area (Å²) < 4.78 is 59.8. The first-order valence-electron chi connectivity index (χ1n) is 12.0. The van der Waals surface area contributed by atoms with E-state index < -0.39 is 21.6 Å². The molecule has 1 N–H and O–H groups in total. The van der Waals surface area contributed by atoms with Crippen LogP contribution < -0.4 is 18.9 Å². The number of fused-ring (bicyclic) bond motifs is 1. The number of sulfonamides is 1. The van der Waals surface area contributed by atoms with Crippen molar-refractivity contribution in [2.45, 2.75) is 12.7 Å². The number of anilines is 1. The molecular weight excluding hydrogens is 541 g/mol. The van der Waals surface area contributed by atoms with E-state index in [4.69, 9.17) is 14.2 Å². The number of nitrogens with one attached hydrogen (secondary N) is 1. The normalized spacial score (nSPS) is 11.4. The van der Waals surface area contributed by atoms with Crippen molar-refractivity contribution in [3.05, 3.63) is 72.4 Å². The molecule has 1 aromatic carbocycles. The summed E-state index contributed by atoms with van der Waals surface area (Å²) in [5, 5.41) is 0. The van der Waals surface area contributed by atoms with Gasteiger partial charge < -0.3 is 14.2 Å². The van der Waals surface area contributed by atoms with Crippen LogP contribution in [0.25, 0.3) is 28.5 Å². The van der Waals surface area contributed by atoms with Crippen LogP contribution in [0.15, 0.2) is 60.9 Å². The molecule has 14 heteroatoms. The minimum atomic E-state index is -3.97. The second-order valence-corrected chi connectivity index (χ2v) is 10.0. The third kappa shape index (κ3) is 5.47. The Morgan fingerprint density at radius 1 is 0.925 bits per heavy atom. The highest BCUT2D eigenvalue weighted by Crippen LogP contribution is 2.38. The van der Waals surface area contributed by atoms with Crippen LogP contribution >= 0.6 is 0 Å². The number of hydrogen-bond donors (Lipinski definition) is 1. The molecular formula is C26H24FN7O5S. The Kier molecular flexibility index (Phi) is 7.42. The molecule has 0 bridgehead atoms. The lowest BCUT2D eigenvalue weighted by Crippen LogP contribution is -2.17. The van der Waals surface area contributed by atoms with Crippen LogP contribution in [-0.2, 0) is 15.8 Å². The summed E-state index contributed by atoms with van der Waals surface area (Å²) in [6.07, 6.45) is 2.20. The lowest BCUT2D eigenvalue weighted by molar-refractivity contribution is 0.327. The number of nitrogens with zero attached hydrogens (tertiary/aromatic N) is 6. The van der Waals surface area contributed by atoms with Gasteiger partial charge in [-0.3, -0.25) is 14.3 Å². The minimum absolute atomic E-state index is 0.0628. The third-order valence-electron chi connectivity index (χ3n) is 5.63. The van der Waals surface area contributed by atoms with Gasteiger partial charge in [0.15, 0.2) is 22.9 Å². The topological polar surface area (TPSA) is 143 Å². The molecule has 4 aromatic heterocycles. The summed E-state index contributed by atoms with van der Waals surface area (Å²) in [6, 6.07) is 12.9. The predicted molar refractivity (Wildman–Crippen MR) is 145 cm³/mol. The molecule has 0 saturated carbocycles. The van der Waals surface area contributed by atoms with Crippen LogP contribution in [0.1, 0.15) is 12.6 Å². The molecule has 12 nitrogen and oxygen atoms in total. The first-order valence-corrected chi connectivity index (χ1v) is 13.6. The third-order valence-corrected chi connectivity index (χ3v) is 6.82. The van der Waals surface area contributed by atoms with Gasteiger partial charge in [-0.15, -0.1) is 0 Å².